The second-order valence-electron chi connectivity index (χ2n) is 7.44. The van der Waals surface area contributed by atoms with Crippen LogP contribution < -0.4 is 4.90 Å². The molecule has 2 aromatic heterocycles. The molecule has 0 aliphatic heterocycles. The van der Waals surface area contributed by atoms with Crippen molar-refractivity contribution in [2.24, 2.45) is 5.41 Å². The van der Waals surface area contributed by atoms with Gasteiger partial charge in [0.25, 0.3) is 5.78 Å². The highest BCUT2D eigenvalue weighted by Gasteiger charge is 2.22. The molecule has 0 aliphatic carbocycles. The van der Waals surface area contributed by atoms with Gasteiger partial charge in [0.1, 0.15) is 12.1 Å². The number of para-hydroxylation sites is 2. The molecule has 0 atom stereocenters. The van der Waals surface area contributed by atoms with Gasteiger partial charge in [-0.25, -0.2) is 0 Å². The fraction of sp³-hybridized carbons (Fsp3) is 0.250. The van der Waals surface area contributed by atoms with E-state index in [1.165, 1.54) is 0 Å². The molecule has 0 unspecified atom stereocenters. The highest BCUT2D eigenvalue weighted by atomic mass is 15.3. The second kappa shape index (κ2) is 5.84. The first-order chi connectivity index (χ1) is 12.0. The average Bonchev–Trinajstić information content (AvgIpc) is 3.08. The maximum atomic E-state index is 4.84. The summed E-state index contributed by atoms with van der Waals surface area (Å²) in [6.45, 7) is 7.56. The van der Waals surface area contributed by atoms with E-state index in [1.54, 1.807) is 6.33 Å². The van der Waals surface area contributed by atoms with Crippen LogP contribution in [0.1, 0.15) is 20.8 Å². The summed E-state index contributed by atoms with van der Waals surface area (Å²) in [6, 6.07) is 18.7. The standard InChI is InChI=1S/C20H21N5/c1-20(2,3)13-24(15-9-5-4-6-10-15)18-16-11-7-8-12-17(16)25-14-21-23-19(25)22-18/h4-12,14H,13H2,1-3H3. The Kier molecular flexibility index (Phi) is 3.64. The minimum absolute atomic E-state index is 0.110. The van der Waals surface area contributed by atoms with Crippen LogP contribution in [0.25, 0.3) is 16.7 Å². The van der Waals surface area contributed by atoms with Crippen LogP contribution in [0.2, 0.25) is 0 Å². The van der Waals surface area contributed by atoms with E-state index in [9.17, 15) is 0 Å². The zero-order chi connectivity index (χ0) is 17.4. The fourth-order valence-corrected chi connectivity index (χ4v) is 3.08. The molecule has 126 valence electrons. The summed E-state index contributed by atoms with van der Waals surface area (Å²) in [6.07, 6.45) is 1.71. The predicted molar refractivity (Wildman–Crippen MR) is 101 cm³/mol. The van der Waals surface area contributed by atoms with Crippen molar-refractivity contribution in [3.8, 4) is 0 Å². The molecule has 5 nitrogen and oxygen atoms in total. The Morgan fingerprint density at radius 3 is 2.44 bits per heavy atom. The van der Waals surface area contributed by atoms with Crippen LogP contribution in [0.15, 0.2) is 60.9 Å². The Bertz CT molecular complexity index is 1010. The van der Waals surface area contributed by atoms with Crippen LogP contribution in [-0.2, 0) is 0 Å². The van der Waals surface area contributed by atoms with E-state index >= 15 is 0 Å². The van der Waals surface area contributed by atoms with E-state index in [0.717, 1.165) is 29.0 Å². The van der Waals surface area contributed by atoms with Crippen molar-refractivity contribution in [3.05, 3.63) is 60.9 Å². The van der Waals surface area contributed by atoms with E-state index in [1.807, 2.05) is 22.6 Å². The molecule has 5 heteroatoms. The van der Waals surface area contributed by atoms with Crippen molar-refractivity contribution < 1.29 is 0 Å². The monoisotopic (exact) mass is 331 g/mol. The van der Waals surface area contributed by atoms with Crippen molar-refractivity contribution in [3.63, 3.8) is 0 Å². The molecule has 4 aromatic rings. The zero-order valence-electron chi connectivity index (χ0n) is 14.7. The largest absolute Gasteiger partial charge is 0.325 e. The van der Waals surface area contributed by atoms with Crippen LogP contribution in [0.4, 0.5) is 11.5 Å². The third-order valence-electron chi connectivity index (χ3n) is 4.10. The topological polar surface area (TPSA) is 46.3 Å². The van der Waals surface area contributed by atoms with Crippen LogP contribution in [0.5, 0.6) is 0 Å². The number of hydrogen-bond acceptors (Lipinski definition) is 4. The minimum atomic E-state index is 0.110. The van der Waals surface area contributed by atoms with E-state index in [2.05, 4.69) is 72.3 Å². The van der Waals surface area contributed by atoms with Gasteiger partial charge >= 0.3 is 0 Å². The molecular weight excluding hydrogens is 310 g/mol. The quantitative estimate of drug-likeness (QED) is 0.556. The second-order valence-corrected chi connectivity index (χ2v) is 7.44. The summed E-state index contributed by atoms with van der Waals surface area (Å²) in [5, 5.41) is 9.29. The van der Waals surface area contributed by atoms with Gasteiger partial charge in [-0.2, -0.15) is 4.98 Å². The van der Waals surface area contributed by atoms with Gasteiger partial charge in [0.2, 0.25) is 0 Å². The van der Waals surface area contributed by atoms with Gasteiger partial charge in [0, 0.05) is 17.6 Å². The molecule has 0 aliphatic rings. The van der Waals surface area contributed by atoms with E-state index in [-0.39, 0.29) is 5.41 Å². The van der Waals surface area contributed by atoms with Crippen LogP contribution >= 0.6 is 0 Å². The molecule has 0 fully saturated rings. The number of anilines is 2. The molecule has 2 aromatic carbocycles. The van der Waals surface area contributed by atoms with Gasteiger partial charge in [-0.3, -0.25) is 4.40 Å². The molecule has 0 N–H and O–H groups in total. The Balaban J connectivity index is 2.00. The summed E-state index contributed by atoms with van der Waals surface area (Å²) in [4.78, 5) is 7.11. The molecular formula is C20H21N5. The molecule has 0 amide bonds. The Morgan fingerprint density at radius 1 is 0.960 bits per heavy atom. The molecule has 0 spiro atoms. The van der Waals surface area contributed by atoms with E-state index in [0.29, 0.717) is 5.78 Å². The maximum absolute atomic E-state index is 4.84. The fourth-order valence-electron chi connectivity index (χ4n) is 3.08. The van der Waals surface area contributed by atoms with Crippen LogP contribution in [-0.4, -0.2) is 26.1 Å². The summed E-state index contributed by atoms with van der Waals surface area (Å²) in [5.74, 6) is 1.53. The molecule has 0 saturated heterocycles. The van der Waals surface area contributed by atoms with Crippen molar-refractivity contribution >= 4 is 28.2 Å². The summed E-state index contributed by atoms with van der Waals surface area (Å²) < 4.78 is 1.93. The van der Waals surface area contributed by atoms with Gasteiger partial charge in [0.15, 0.2) is 0 Å². The van der Waals surface area contributed by atoms with Crippen molar-refractivity contribution in [1.29, 1.82) is 0 Å². The van der Waals surface area contributed by atoms with Crippen LogP contribution in [0, 0.1) is 5.41 Å². The highest BCUT2D eigenvalue weighted by molar-refractivity contribution is 5.93. The minimum Gasteiger partial charge on any atom is -0.325 e. The first kappa shape index (κ1) is 15.6. The highest BCUT2D eigenvalue weighted by Crippen LogP contribution is 2.33. The molecule has 0 bridgehead atoms. The average molecular weight is 331 g/mol. The molecule has 0 radical (unpaired) electrons. The van der Waals surface area contributed by atoms with E-state index in [4.69, 9.17) is 4.98 Å². The van der Waals surface area contributed by atoms with E-state index < -0.39 is 0 Å². The third-order valence-corrected chi connectivity index (χ3v) is 4.10. The lowest BCUT2D eigenvalue weighted by atomic mass is 9.95. The van der Waals surface area contributed by atoms with Crippen molar-refractivity contribution in [2.75, 3.05) is 11.4 Å². The van der Waals surface area contributed by atoms with Gasteiger partial charge in [0.05, 0.1) is 5.52 Å². The van der Waals surface area contributed by atoms with Crippen molar-refractivity contribution in [1.82, 2.24) is 19.6 Å². The predicted octanol–water partition coefficient (Wildman–Crippen LogP) is 4.46. The SMILES string of the molecule is CC(C)(C)CN(c1ccccc1)c1nc2nncn2c2ccccc12. The maximum Gasteiger partial charge on any atom is 0.257 e. The lowest BCUT2D eigenvalue weighted by molar-refractivity contribution is 0.424. The molecule has 25 heavy (non-hydrogen) atoms. The lowest BCUT2D eigenvalue weighted by Gasteiger charge is -2.31. The number of nitrogens with zero attached hydrogens (tertiary/aromatic N) is 5. The summed E-state index contributed by atoms with van der Waals surface area (Å²) in [7, 11) is 0. The third kappa shape index (κ3) is 2.93. The first-order valence-electron chi connectivity index (χ1n) is 8.44. The van der Waals surface area contributed by atoms with Gasteiger partial charge < -0.3 is 4.90 Å². The van der Waals surface area contributed by atoms with Gasteiger partial charge in [-0.1, -0.05) is 51.1 Å². The molecule has 0 saturated carbocycles. The normalized spacial score (nSPS) is 12.0. The number of hydrogen-bond donors (Lipinski definition) is 0. The number of benzene rings is 2. The Labute approximate surface area is 147 Å². The summed E-state index contributed by atoms with van der Waals surface area (Å²) in [5.41, 5.74) is 2.29. The van der Waals surface area contributed by atoms with Gasteiger partial charge in [-0.05, 0) is 29.7 Å². The number of rotatable bonds is 3. The first-order valence-corrected chi connectivity index (χ1v) is 8.44. The van der Waals surface area contributed by atoms with Crippen LogP contribution in [0.3, 0.4) is 0 Å². The Hall–Kier alpha value is -2.95. The van der Waals surface area contributed by atoms with Gasteiger partial charge in [-0.15, -0.1) is 10.2 Å². The summed E-state index contributed by atoms with van der Waals surface area (Å²) >= 11 is 0. The Morgan fingerprint density at radius 2 is 1.68 bits per heavy atom. The van der Waals surface area contributed by atoms with Crippen molar-refractivity contribution in [2.45, 2.75) is 20.8 Å². The zero-order valence-corrected chi connectivity index (χ0v) is 14.7. The molecule has 4 rings (SSSR count). The number of fused-ring (bicyclic) bond motifs is 3. The smallest absolute Gasteiger partial charge is 0.257 e. The molecule has 2 heterocycles. The lowest BCUT2D eigenvalue weighted by Crippen LogP contribution is -2.29. The number of aromatic nitrogens is 4.